The van der Waals surface area contributed by atoms with E-state index in [2.05, 4.69) is 12.2 Å². The molecular formula is C18H34NNaO4. The van der Waals surface area contributed by atoms with Crippen molar-refractivity contribution in [2.24, 2.45) is 0 Å². The Morgan fingerprint density at radius 3 is 1.88 bits per heavy atom. The molecule has 0 amide bonds. The van der Waals surface area contributed by atoms with Crippen LogP contribution in [0.3, 0.4) is 0 Å². The van der Waals surface area contributed by atoms with Gasteiger partial charge in [0.2, 0.25) is 0 Å². The number of carboxylic acid groups (broad SMARTS) is 1. The van der Waals surface area contributed by atoms with E-state index in [1.165, 1.54) is 51.4 Å². The van der Waals surface area contributed by atoms with Crippen LogP contribution in [0.5, 0.6) is 0 Å². The van der Waals surface area contributed by atoms with Crippen molar-refractivity contribution in [2.75, 3.05) is 19.7 Å². The van der Waals surface area contributed by atoms with Gasteiger partial charge < -0.3 is 20.0 Å². The fraction of sp³-hybridized carbons (Fsp3) is 0.889. The van der Waals surface area contributed by atoms with Gasteiger partial charge in [0.05, 0.1) is 13.0 Å². The van der Waals surface area contributed by atoms with Gasteiger partial charge in [-0.25, -0.2) is 0 Å². The number of rotatable bonds is 17. The Morgan fingerprint density at radius 2 is 1.33 bits per heavy atom. The van der Waals surface area contributed by atoms with Crippen molar-refractivity contribution < 1.29 is 49.0 Å². The molecule has 0 heterocycles. The fourth-order valence-corrected chi connectivity index (χ4v) is 2.35. The molecule has 0 aliphatic carbocycles. The second kappa shape index (κ2) is 20.9. The molecule has 1 N–H and O–H groups in total. The van der Waals surface area contributed by atoms with Crippen LogP contribution in [0.1, 0.15) is 84.0 Å². The van der Waals surface area contributed by atoms with Crippen molar-refractivity contribution >= 4 is 11.9 Å². The molecule has 0 saturated carbocycles. The molecule has 0 unspecified atom stereocenters. The predicted octanol–water partition coefficient (Wildman–Crippen LogP) is -0.426. The Bertz CT molecular complexity index is 301. The number of nitrogens with one attached hydrogen (secondary N) is 1. The third-order valence-electron chi connectivity index (χ3n) is 3.77. The van der Waals surface area contributed by atoms with Crippen LogP contribution in [0.4, 0.5) is 0 Å². The molecule has 0 atom stereocenters. The summed E-state index contributed by atoms with van der Waals surface area (Å²) >= 11 is 0. The minimum absolute atomic E-state index is 0. The van der Waals surface area contributed by atoms with Crippen LogP contribution in [-0.4, -0.2) is 31.6 Å². The standard InChI is InChI=1S/C18H35NO4.Na/c1-2-3-4-5-6-7-8-9-10-11-16-23-18(22)13-15-19-14-12-17(20)21;/h19H,2-16H2,1H3,(H,20,21);/q;+1/p-1. The number of aliphatic carboxylic acids is 1. The van der Waals surface area contributed by atoms with Crippen LogP contribution in [0, 0.1) is 0 Å². The van der Waals surface area contributed by atoms with Crippen LogP contribution >= 0.6 is 0 Å². The number of carboxylic acids is 1. The first-order chi connectivity index (χ1) is 11.2. The van der Waals surface area contributed by atoms with Gasteiger partial charge in [-0.2, -0.15) is 0 Å². The molecule has 0 bridgehead atoms. The van der Waals surface area contributed by atoms with Gasteiger partial charge in [0.25, 0.3) is 0 Å². The Hall–Kier alpha value is -0.100. The molecule has 0 aliphatic heterocycles. The molecule has 0 spiro atoms. The van der Waals surface area contributed by atoms with E-state index in [-0.39, 0.29) is 48.4 Å². The van der Waals surface area contributed by atoms with E-state index in [0.29, 0.717) is 19.7 Å². The molecule has 6 heteroatoms. The first-order valence-electron chi connectivity index (χ1n) is 9.23. The molecule has 0 radical (unpaired) electrons. The van der Waals surface area contributed by atoms with E-state index in [0.717, 1.165) is 12.8 Å². The van der Waals surface area contributed by atoms with Gasteiger partial charge in [-0.15, -0.1) is 0 Å². The normalized spacial score (nSPS) is 10.2. The average molecular weight is 351 g/mol. The zero-order chi connectivity index (χ0) is 17.2. The Morgan fingerprint density at radius 1 is 0.833 bits per heavy atom. The SMILES string of the molecule is CCCCCCCCCCCCOC(=O)CCNCCC(=O)[O-].[Na+]. The summed E-state index contributed by atoms with van der Waals surface area (Å²) in [7, 11) is 0. The van der Waals surface area contributed by atoms with Crippen molar-refractivity contribution in [3.05, 3.63) is 0 Å². The first kappa shape index (κ1) is 26.1. The van der Waals surface area contributed by atoms with E-state index in [4.69, 9.17) is 4.74 Å². The van der Waals surface area contributed by atoms with E-state index < -0.39 is 5.97 Å². The zero-order valence-corrected chi connectivity index (χ0v) is 17.7. The second-order valence-electron chi connectivity index (χ2n) is 6.02. The monoisotopic (exact) mass is 351 g/mol. The van der Waals surface area contributed by atoms with Crippen molar-refractivity contribution in [2.45, 2.75) is 84.0 Å². The second-order valence-corrected chi connectivity index (χ2v) is 6.02. The Balaban J connectivity index is 0. The summed E-state index contributed by atoms with van der Waals surface area (Å²) in [5.41, 5.74) is 0. The van der Waals surface area contributed by atoms with E-state index in [1.807, 2.05) is 0 Å². The van der Waals surface area contributed by atoms with Crippen molar-refractivity contribution in [3.63, 3.8) is 0 Å². The van der Waals surface area contributed by atoms with Gasteiger partial charge in [-0.1, -0.05) is 64.7 Å². The maximum Gasteiger partial charge on any atom is 1.00 e. The molecule has 24 heavy (non-hydrogen) atoms. The smallest absolute Gasteiger partial charge is 0.550 e. The molecule has 0 aliphatic rings. The van der Waals surface area contributed by atoms with Gasteiger partial charge in [-0.05, 0) is 12.8 Å². The first-order valence-corrected chi connectivity index (χ1v) is 9.23. The number of unbranched alkanes of at least 4 members (excludes halogenated alkanes) is 9. The molecule has 0 aromatic carbocycles. The molecule has 0 fully saturated rings. The number of hydrogen-bond acceptors (Lipinski definition) is 5. The third-order valence-corrected chi connectivity index (χ3v) is 3.77. The van der Waals surface area contributed by atoms with Crippen molar-refractivity contribution in [1.29, 1.82) is 0 Å². The quantitative estimate of drug-likeness (QED) is 0.219. The topological polar surface area (TPSA) is 78.5 Å². The summed E-state index contributed by atoms with van der Waals surface area (Å²) in [6, 6.07) is 0. The molecule has 0 aromatic heterocycles. The minimum atomic E-state index is -1.08. The number of esters is 1. The van der Waals surface area contributed by atoms with Crippen LogP contribution in [0.2, 0.25) is 0 Å². The maximum absolute atomic E-state index is 11.4. The molecule has 5 nitrogen and oxygen atoms in total. The average Bonchev–Trinajstić information content (AvgIpc) is 2.52. The molecule has 0 aromatic rings. The Labute approximate surface area is 169 Å². The van der Waals surface area contributed by atoms with E-state index in [9.17, 15) is 14.7 Å². The largest absolute Gasteiger partial charge is 1.00 e. The number of carbonyl (C=O) groups is 2. The van der Waals surface area contributed by atoms with Gasteiger partial charge in [0, 0.05) is 19.1 Å². The van der Waals surface area contributed by atoms with Crippen LogP contribution in [-0.2, 0) is 14.3 Å². The molecular weight excluding hydrogens is 317 g/mol. The number of ether oxygens (including phenoxy) is 1. The van der Waals surface area contributed by atoms with Crippen LogP contribution < -0.4 is 40.0 Å². The summed E-state index contributed by atoms with van der Waals surface area (Å²) in [5, 5.41) is 13.1. The van der Waals surface area contributed by atoms with Gasteiger partial charge in [-0.3, -0.25) is 4.79 Å². The Kier molecular flexibility index (Phi) is 22.8. The summed E-state index contributed by atoms with van der Waals surface area (Å²) < 4.78 is 5.13. The van der Waals surface area contributed by atoms with Crippen molar-refractivity contribution in [1.82, 2.24) is 5.32 Å². The van der Waals surface area contributed by atoms with Crippen molar-refractivity contribution in [3.8, 4) is 0 Å². The van der Waals surface area contributed by atoms with E-state index >= 15 is 0 Å². The predicted molar refractivity (Wildman–Crippen MR) is 89.9 cm³/mol. The number of carbonyl (C=O) groups excluding carboxylic acids is 2. The summed E-state index contributed by atoms with van der Waals surface area (Å²) in [6.45, 7) is 3.51. The summed E-state index contributed by atoms with van der Waals surface area (Å²) in [6.07, 6.45) is 12.9. The minimum Gasteiger partial charge on any atom is -0.550 e. The van der Waals surface area contributed by atoms with E-state index in [1.54, 1.807) is 0 Å². The van der Waals surface area contributed by atoms with Gasteiger partial charge >= 0.3 is 35.5 Å². The fourth-order valence-electron chi connectivity index (χ4n) is 2.35. The molecule has 136 valence electrons. The number of hydrogen-bond donors (Lipinski definition) is 1. The maximum atomic E-state index is 11.4. The zero-order valence-electron chi connectivity index (χ0n) is 15.7. The molecule has 0 saturated heterocycles. The molecule has 0 rings (SSSR count). The van der Waals surface area contributed by atoms with Gasteiger partial charge in [0.1, 0.15) is 0 Å². The van der Waals surface area contributed by atoms with Gasteiger partial charge in [0.15, 0.2) is 0 Å². The third kappa shape index (κ3) is 21.9. The summed E-state index contributed by atoms with van der Waals surface area (Å²) in [5.74, 6) is -1.30. The summed E-state index contributed by atoms with van der Waals surface area (Å²) in [4.78, 5) is 21.6. The van der Waals surface area contributed by atoms with Crippen LogP contribution in [0.25, 0.3) is 0 Å². The van der Waals surface area contributed by atoms with Crippen LogP contribution in [0.15, 0.2) is 0 Å².